The summed E-state index contributed by atoms with van der Waals surface area (Å²) in [5.74, 6) is 0.668. The molecule has 1 saturated heterocycles. The van der Waals surface area contributed by atoms with Gasteiger partial charge in [-0.25, -0.2) is 0 Å². The topological polar surface area (TPSA) is 39.1 Å². The first kappa shape index (κ1) is 12.6. The molecule has 1 fully saturated rings. The van der Waals surface area contributed by atoms with Crippen molar-refractivity contribution >= 4 is 0 Å². The van der Waals surface area contributed by atoms with Crippen LogP contribution in [0.5, 0.6) is 0 Å². The van der Waals surface area contributed by atoms with E-state index in [0.29, 0.717) is 12.0 Å². The summed E-state index contributed by atoms with van der Waals surface area (Å²) in [7, 11) is 2.05. The van der Waals surface area contributed by atoms with E-state index in [2.05, 4.69) is 28.1 Å². The molecule has 17 heavy (non-hydrogen) atoms. The van der Waals surface area contributed by atoms with Crippen molar-refractivity contribution in [3.05, 3.63) is 18.0 Å². The maximum absolute atomic E-state index is 5.44. The van der Waals surface area contributed by atoms with Gasteiger partial charge in [0.2, 0.25) is 0 Å². The lowest BCUT2D eigenvalue weighted by Gasteiger charge is -2.30. The van der Waals surface area contributed by atoms with E-state index in [1.54, 1.807) is 0 Å². The van der Waals surface area contributed by atoms with E-state index in [9.17, 15) is 0 Å². The SMILES string of the molecule is CCCn1nccc1C(NC)C1CCOCC1. The van der Waals surface area contributed by atoms with Gasteiger partial charge in [0.15, 0.2) is 0 Å². The van der Waals surface area contributed by atoms with E-state index in [1.165, 1.54) is 5.69 Å². The van der Waals surface area contributed by atoms with E-state index < -0.39 is 0 Å². The van der Waals surface area contributed by atoms with Gasteiger partial charge >= 0.3 is 0 Å². The molecule has 4 heteroatoms. The molecule has 96 valence electrons. The Hall–Kier alpha value is -0.870. The molecule has 0 saturated carbocycles. The molecule has 0 aliphatic carbocycles. The van der Waals surface area contributed by atoms with Gasteiger partial charge in [-0.1, -0.05) is 6.92 Å². The summed E-state index contributed by atoms with van der Waals surface area (Å²) in [5, 5.41) is 7.87. The zero-order chi connectivity index (χ0) is 12.1. The Kier molecular flexibility index (Phi) is 4.57. The minimum absolute atomic E-state index is 0.410. The highest BCUT2D eigenvalue weighted by Gasteiger charge is 2.26. The van der Waals surface area contributed by atoms with Crippen LogP contribution >= 0.6 is 0 Å². The van der Waals surface area contributed by atoms with Crippen LogP contribution in [-0.2, 0) is 11.3 Å². The predicted molar refractivity (Wildman–Crippen MR) is 67.9 cm³/mol. The van der Waals surface area contributed by atoms with Gasteiger partial charge in [0.1, 0.15) is 0 Å². The summed E-state index contributed by atoms with van der Waals surface area (Å²) in [4.78, 5) is 0. The van der Waals surface area contributed by atoms with E-state index >= 15 is 0 Å². The highest BCUT2D eigenvalue weighted by atomic mass is 16.5. The number of nitrogens with zero attached hydrogens (tertiary/aromatic N) is 2. The Morgan fingerprint density at radius 2 is 2.29 bits per heavy atom. The zero-order valence-corrected chi connectivity index (χ0v) is 10.9. The Balaban J connectivity index is 2.12. The second-order valence-electron chi connectivity index (χ2n) is 4.70. The molecule has 0 amide bonds. The van der Waals surface area contributed by atoms with Crippen molar-refractivity contribution in [2.24, 2.45) is 5.92 Å². The van der Waals surface area contributed by atoms with Crippen LogP contribution in [0.2, 0.25) is 0 Å². The molecule has 0 bridgehead atoms. The second-order valence-corrected chi connectivity index (χ2v) is 4.70. The third-order valence-electron chi connectivity index (χ3n) is 3.55. The summed E-state index contributed by atoms with van der Waals surface area (Å²) in [5.41, 5.74) is 1.32. The van der Waals surface area contributed by atoms with Gasteiger partial charge in [-0.15, -0.1) is 0 Å². The van der Waals surface area contributed by atoms with Gasteiger partial charge in [0, 0.05) is 26.0 Å². The fourth-order valence-electron chi connectivity index (χ4n) is 2.68. The second kappa shape index (κ2) is 6.17. The molecule has 1 atom stereocenters. The lowest BCUT2D eigenvalue weighted by atomic mass is 9.89. The summed E-state index contributed by atoms with van der Waals surface area (Å²) in [6, 6.07) is 2.56. The maximum Gasteiger partial charge on any atom is 0.0556 e. The van der Waals surface area contributed by atoms with E-state index in [0.717, 1.165) is 39.0 Å². The first-order valence-corrected chi connectivity index (χ1v) is 6.63. The lowest BCUT2D eigenvalue weighted by molar-refractivity contribution is 0.0534. The quantitative estimate of drug-likeness (QED) is 0.851. The predicted octanol–water partition coefficient (Wildman–Crippen LogP) is 1.98. The van der Waals surface area contributed by atoms with Crippen LogP contribution in [0, 0.1) is 5.92 Å². The molecule has 4 nitrogen and oxygen atoms in total. The Bertz CT molecular complexity index is 331. The van der Waals surface area contributed by atoms with Crippen molar-refractivity contribution in [1.82, 2.24) is 15.1 Å². The number of hydrogen-bond acceptors (Lipinski definition) is 3. The normalized spacial score (nSPS) is 19.4. The molecule has 1 aliphatic heterocycles. The van der Waals surface area contributed by atoms with Crippen molar-refractivity contribution in [3.63, 3.8) is 0 Å². The van der Waals surface area contributed by atoms with Crippen LogP contribution in [0.15, 0.2) is 12.3 Å². The minimum atomic E-state index is 0.410. The zero-order valence-electron chi connectivity index (χ0n) is 10.9. The highest BCUT2D eigenvalue weighted by molar-refractivity contribution is 5.09. The number of rotatable bonds is 5. The van der Waals surface area contributed by atoms with Gasteiger partial charge in [0.05, 0.1) is 11.7 Å². The molecule has 1 aromatic rings. The number of aromatic nitrogens is 2. The van der Waals surface area contributed by atoms with Gasteiger partial charge in [-0.3, -0.25) is 4.68 Å². The fraction of sp³-hybridized carbons (Fsp3) is 0.769. The number of hydrogen-bond donors (Lipinski definition) is 1. The largest absolute Gasteiger partial charge is 0.381 e. The number of aryl methyl sites for hydroxylation is 1. The Labute approximate surface area is 103 Å². The van der Waals surface area contributed by atoms with Crippen molar-refractivity contribution in [1.29, 1.82) is 0 Å². The summed E-state index contributed by atoms with van der Waals surface area (Å²) < 4.78 is 7.57. The third-order valence-corrected chi connectivity index (χ3v) is 3.55. The van der Waals surface area contributed by atoms with E-state index in [1.807, 2.05) is 13.2 Å². The highest BCUT2D eigenvalue weighted by Crippen LogP contribution is 2.29. The standard InChI is InChI=1S/C13H23N3O/c1-3-8-16-12(4-7-15-16)13(14-2)11-5-9-17-10-6-11/h4,7,11,13-14H,3,5-6,8-10H2,1-2H3. The van der Waals surface area contributed by atoms with Crippen LogP contribution in [0.3, 0.4) is 0 Å². The van der Waals surface area contributed by atoms with Crippen LogP contribution in [-0.4, -0.2) is 30.0 Å². The molecule has 0 spiro atoms. The Morgan fingerprint density at radius 3 is 2.94 bits per heavy atom. The molecule has 1 aliphatic rings. The molecule has 0 aromatic carbocycles. The molecule has 1 N–H and O–H groups in total. The summed E-state index contributed by atoms with van der Waals surface area (Å²) in [6.07, 6.45) is 5.32. The molecule has 1 aromatic heterocycles. The number of nitrogens with one attached hydrogen (secondary N) is 1. The fourth-order valence-corrected chi connectivity index (χ4v) is 2.68. The molecule has 0 radical (unpaired) electrons. The molecule has 1 unspecified atom stereocenters. The average molecular weight is 237 g/mol. The van der Waals surface area contributed by atoms with Crippen LogP contribution in [0.4, 0.5) is 0 Å². The van der Waals surface area contributed by atoms with Crippen molar-refractivity contribution in [2.75, 3.05) is 20.3 Å². The molecule has 2 heterocycles. The maximum atomic E-state index is 5.44. The van der Waals surface area contributed by atoms with Gasteiger partial charge < -0.3 is 10.1 Å². The summed E-state index contributed by atoms with van der Waals surface area (Å²) >= 11 is 0. The number of ether oxygens (including phenoxy) is 1. The Morgan fingerprint density at radius 1 is 1.53 bits per heavy atom. The average Bonchev–Trinajstić information content (AvgIpc) is 2.81. The lowest BCUT2D eigenvalue weighted by Crippen LogP contribution is -2.31. The first-order valence-electron chi connectivity index (χ1n) is 6.63. The van der Waals surface area contributed by atoms with Crippen molar-refractivity contribution < 1.29 is 4.74 Å². The van der Waals surface area contributed by atoms with Gasteiger partial charge in [0.25, 0.3) is 0 Å². The van der Waals surface area contributed by atoms with Crippen molar-refractivity contribution in [2.45, 2.75) is 38.8 Å². The molecule has 2 rings (SSSR count). The van der Waals surface area contributed by atoms with E-state index in [-0.39, 0.29) is 0 Å². The van der Waals surface area contributed by atoms with E-state index in [4.69, 9.17) is 4.74 Å². The van der Waals surface area contributed by atoms with Gasteiger partial charge in [-0.2, -0.15) is 5.10 Å². The molecular weight excluding hydrogens is 214 g/mol. The minimum Gasteiger partial charge on any atom is -0.381 e. The monoisotopic (exact) mass is 237 g/mol. The van der Waals surface area contributed by atoms with Gasteiger partial charge in [-0.05, 0) is 38.3 Å². The van der Waals surface area contributed by atoms with Crippen LogP contribution in [0.1, 0.15) is 37.9 Å². The van der Waals surface area contributed by atoms with Crippen LogP contribution in [0.25, 0.3) is 0 Å². The summed E-state index contributed by atoms with van der Waals surface area (Å²) in [6.45, 7) is 4.98. The van der Waals surface area contributed by atoms with Crippen LogP contribution < -0.4 is 5.32 Å². The molecular formula is C13H23N3O. The third kappa shape index (κ3) is 2.87. The first-order chi connectivity index (χ1) is 8.36. The van der Waals surface area contributed by atoms with Crippen molar-refractivity contribution in [3.8, 4) is 0 Å². The smallest absolute Gasteiger partial charge is 0.0556 e.